The van der Waals surface area contributed by atoms with Crippen molar-refractivity contribution in [2.45, 2.75) is 19.4 Å². The van der Waals surface area contributed by atoms with Gasteiger partial charge in [-0.15, -0.1) is 0 Å². The first-order valence-corrected chi connectivity index (χ1v) is 9.13. The normalized spacial score (nSPS) is 10.6. The second-order valence-electron chi connectivity index (χ2n) is 6.05. The molecule has 0 aliphatic carbocycles. The highest BCUT2D eigenvalue weighted by atomic mass is 35.5. The molecule has 1 heterocycles. The van der Waals surface area contributed by atoms with Crippen molar-refractivity contribution in [2.24, 2.45) is 0 Å². The van der Waals surface area contributed by atoms with Crippen LogP contribution >= 0.6 is 11.6 Å². The van der Waals surface area contributed by atoms with Crippen molar-refractivity contribution in [1.82, 2.24) is 15.5 Å². The van der Waals surface area contributed by atoms with Crippen LogP contribution in [0.1, 0.15) is 17.9 Å². The van der Waals surface area contributed by atoms with Gasteiger partial charge in [-0.25, -0.2) is 4.39 Å². The van der Waals surface area contributed by atoms with Crippen LogP contribution in [0.3, 0.4) is 0 Å². The van der Waals surface area contributed by atoms with Crippen molar-refractivity contribution in [1.29, 1.82) is 0 Å². The lowest BCUT2D eigenvalue weighted by atomic mass is 10.2. The first-order chi connectivity index (χ1) is 14.0. The van der Waals surface area contributed by atoms with E-state index in [1.54, 1.807) is 18.2 Å². The van der Waals surface area contributed by atoms with Gasteiger partial charge >= 0.3 is 5.97 Å². The molecule has 0 radical (unpaired) electrons. The Bertz CT molecular complexity index is 991. The summed E-state index contributed by atoms with van der Waals surface area (Å²) in [4.78, 5) is 27.7. The standard InChI is InChI=1S/C20H17ClFN3O4/c21-16-4-2-1-3-14(16)11-23-17(26)12-28-19(27)10-9-18-24-20(25-29-18)13-5-7-15(22)8-6-13/h1-8H,9-12H2,(H,23,26). The SMILES string of the molecule is O=C(COC(=O)CCc1nc(-c2ccc(F)cc2)no1)NCc1ccccc1Cl. The summed E-state index contributed by atoms with van der Waals surface area (Å²) in [6.45, 7) is -0.155. The monoisotopic (exact) mass is 417 g/mol. The molecule has 0 atom stereocenters. The number of benzene rings is 2. The topological polar surface area (TPSA) is 94.3 Å². The fraction of sp³-hybridized carbons (Fsp3) is 0.200. The van der Waals surface area contributed by atoms with Crippen LogP contribution in [-0.2, 0) is 27.3 Å². The summed E-state index contributed by atoms with van der Waals surface area (Å²) < 4.78 is 23.0. The zero-order valence-corrected chi connectivity index (χ0v) is 16.0. The molecule has 7 nitrogen and oxygen atoms in total. The number of esters is 1. The van der Waals surface area contributed by atoms with Crippen LogP contribution in [-0.4, -0.2) is 28.6 Å². The van der Waals surface area contributed by atoms with Crippen molar-refractivity contribution < 1.29 is 23.2 Å². The first-order valence-electron chi connectivity index (χ1n) is 8.75. The Balaban J connectivity index is 1.39. The van der Waals surface area contributed by atoms with Crippen LogP contribution in [0.5, 0.6) is 0 Å². The second-order valence-corrected chi connectivity index (χ2v) is 6.45. The molecule has 3 aromatic rings. The van der Waals surface area contributed by atoms with Crippen molar-refractivity contribution in [3.63, 3.8) is 0 Å². The molecule has 0 fully saturated rings. The molecule has 0 saturated heterocycles. The number of carbonyl (C=O) groups excluding carboxylic acids is 2. The van der Waals surface area contributed by atoms with E-state index < -0.39 is 18.5 Å². The molecule has 0 bridgehead atoms. The fourth-order valence-electron chi connectivity index (χ4n) is 2.39. The number of carbonyl (C=O) groups is 2. The Hall–Kier alpha value is -3.26. The quantitative estimate of drug-likeness (QED) is 0.565. The van der Waals surface area contributed by atoms with E-state index in [0.717, 1.165) is 5.56 Å². The van der Waals surface area contributed by atoms with Crippen LogP contribution in [0.4, 0.5) is 4.39 Å². The Labute approximate surface area is 170 Å². The average Bonchev–Trinajstić information content (AvgIpc) is 3.19. The van der Waals surface area contributed by atoms with Gasteiger partial charge in [0, 0.05) is 23.6 Å². The number of ether oxygens (including phenoxy) is 1. The van der Waals surface area contributed by atoms with Gasteiger partial charge in [-0.05, 0) is 35.9 Å². The van der Waals surface area contributed by atoms with Crippen molar-refractivity contribution >= 4 is 23.5 Å². The fourth-order valence-corrected chi connectivity index (χ4v) is 2.59. The molecule has 0 spiro atoms. The largest absolute Gasteiger partial charge is 0.456 e. The van der Waals surface area contributed by atoms with Crippen LogP contribution in [0.2, 0.25) is 5.02 Å². The van der Waals surface area contributed by atoms with Crippen molar-refractivity contribution in [3.05, 3.63) is 70.8 Å². The summed E-state index contributed by atoms with van der Waals surface area (Å²) in [7, 11) is 0. The summed E-state index contributed by atoms with van der Waals surface area (Å²) in [5.74, 6) is -0.832. The summed E-state index contributed by atoms with van der Waals surface area (Å²) in [5, 5.41) is 6.96. The highest BCUT2D eigenvalue weighted by molar-refractivity contribution is 6.31. The van der Waals surface area contributed by atoms with Gasteiger partial charge in [0.1, 0.15) is 5.82 Å². The van der Waals surface area contributed by atoms with Gasteiger partial charge in [0.25, 0.3) is 5.91 Å². The van der Waals surface area contributed by atoms with Crippen molar-refractivity contribution in [2.75, 3.05) is 6.61 Å². The predicted molar refractivity (Wildman–Crippen MR) is 102 cm³/mol. The minimum atomic E-state index is -0.570. The molecule has 3 rings (SSSR count). The van der Waals surface area contributed by atoms with E-state index in [1.807, 2.05) is 6.07 Å². The van der Waals surface area contributed by atoms with E-state index in [9.17, 15) is 14.0 Å². The number of hydrogen-bond donors (Lipinski definition) is 1. The third-order valence-corrected chi connectivity index (χ3v) is 4.28. The van der Waals surface area contributed by atoms with Gasteiger partial charge in [0.2, 0.25) is 11.7 Å². The van der Waals surface area contributed by atoms with Crippen LogP contribution < -0.4 is 5.32 Å². The van der Waals surface area contributed by atoms with Gasteiger partial charge in [-0.1, -0.05) is 35.0 Å². The van der Waals surface area contributed by atoms with Gasteiger partial charge < -0.3 is 14.6 Å². The van der Waals surface area contributed by atoms with E-state index in [2.05, 4.69) is 15.5 Å². The highest BCUT2D eigenvalue weighted by Gasteiger charge is 2.13. The van der Waals surface area contributed by atoms with Gasteiger partial charge in [0.05, 0.1) is 6.42 Å². The average molecular weight is 418 g/mol. The maximum atomic E-state index is 12.9. The molecular weight excluding hydrogens is 401 g/mol. The third kappa shape index (κ3) is 6.11. The number of rotatable bonds is 8. The number of hydrogen-bond acceptors (Lipinski definition) is 6. The highest BCUT2D eigenvalue weighted by Crippen LogP contribution is 2.17. The molecule has 0 aliphatic heterocycles. The number of nitrogens with one attached hydrogen (secondary N) is 1. The third-order valence-electron chi connectivity index (χ3n) is 3.91. The van der Waals surface area contributed by atoms with Gasteiger partial charge in [-0.3, -0.25) is 9.59 Å². The number of halogens is 2. The minimum Gasteiger partial charge on any atom is -0.456 e. The predicted octanol–water partition coefficient (Wildman–Crippen LogP) is 3.32. The van der Waals surface area contributed by atoms with E-state index in [0.29, 0.717) is 16.4 Å². The molecule has 0 saturated carbocycles. The zero-order valence-electron chi connectivity index (χ0n) is 15.2. The Morgan fingerprint density at radius 1 is 1.14 bits per heavy atom. The number of aromatic nitrogens is 2. The van der Waals surface area contributed by atoms with Crippen molar-refractivity contribution in [3.8, 4) is 11.4 Å². The lowest BCUT2D eigenvalue weighted by Gasteiger charge is -2.07. The van der Waals surface area contributed by atoms with Gasteiger partial charge in [0.15, 0.2) is 6.61 Å². The second kappa shape index (κ2) is 9.79. The lowest BCUT2D eigenvalue weighted by Crippen LogP contribution is -2.28. The van der Waals surface area contributed by atoms with Crippen LogP contribution in [0.25, 0.3) is 11.4 Å². The summed E-state index contributed by atoms with van der Waals surface area (Å²) >= 11 is 6.01. The molecule has 2 aromatic carbocycles. The smallest absolute Gasteiger partial charge is 0.306 e. The number of nitrogens with zero attached hydrogens (tertiary/aromatic N) is 2. The minimum absolute atomic E-state index is 0.0250. The summed E-state index contributed by atoms with van der Waals surface area (Å²) in [6.07, 6.45) is 0.136. The summed E-state index contributed by atoms with van der Waals surface area (Å²) in [6, 6.07) is 12.8. The molecule has 0 aliphatic rings. The molecule has 9 heteroatoms. The Morgan fingerprint density at radius 3 is 2.66 bits per heavy atom. The maximum absolute atomic E-state index is 12.9. The van der Waals surface area contributed by atoms with Crippen LogP contribution in [0, 0.1) is 5.82 Å². The van der Waals surface area contributed by atoms with E-state index in [4.69, 9.17) is 20.9 Å². The molecule has 29 heavy (non-hydrogen) atoms. The summed E-state index contributed by atoms with van der Waals surface area (Å²) in [5.41, 5.74) is 1.36. The molecule has 1 N–H and O–H groups in total. The zero-order chi connectivity index (χ0) is 20.6. The molecule has 1 aromatic heterocycles. The number of amides is 1. The number of aryl methyl sites for hydroxylation is 1. The maximum Gasteiger partial charge on any atom is 0.306 e. The molecule has 0 unspecified atom stereocenters. The molecule has 150 valence electrons. The van der Waals surface area contributed by atoms with E-state index >= 15 is 0 Å². The lowest BCUT2D eigenvalue weighted by molar-refractivity contribution is -0.148. The molecule has 1 amide bonds. The molecular formula is C20H17ClFN3O4. The first kappa shape index (κ1) is 20.5. The van der Waals surface area contributed by atoms with Gasteiger partial charge in [-0.2, -0.15) is 4.98 Å². The van der Waals surface area contributed by atoms with E-state index in [1.165, 1.54) is 24.3 Å². The Morgan fingerprint density at radius 2 is 1.90 bits per heavy atom. The van der Waals surface area contributed by atoms with E-state index in [-0.39, 0.29) is 31.1 Å². The Kier molecular flexibility index (Phi) is 6.91. The van der Waals surface area contributed by atoms with Crippen LogP contribution in [0.15, 0.2) is 53.1 Å².